The third-order valence-electron chi connectivity index (χ3n) is 3.11. The van der Waals surface area contributed by atoms with Crippen LogP contribution in [0.15, 0.2) is 48.7 Å². The third kappa shape index (κ3) is 2.51. The van der Waals surface area contributed by atoms with Crippen LogP contribution in [0.5, 0.6) is 0 Å². The van der Waals surface area contributed by atoms with Gasteiger partial charge in [0.1, 0.15) is 23.3 Å². The zero-order valence-electron chi connectivity index (χ0n) is 11.3. The van der Waals surface area contributed by atoms with Gasteiger partial charge >= 0.3 is 0 Å². The highest BCUT2D eigenvalue weighted by Gasteiger charge is 2.11. The van der Waals surface area contributed by atoms with E-state index in [4.69, 9.17) is 0 Å². The van der Waals surface area contributed by atoms with Crippen LogP contribution in [0.1, 0.15) is 5.56 Å². The summed E-state index contributed by atoms with van der Waals surface area (Å²) in [4.78, 5) is 4.51. The smallest absolute Gasteiger partial charge is 0.123 e. The fraction of sp³-hybridized carbons (Fsp3) is 0.0625. The first kappa shape index (κ1) is 13.0. The second-order valence-electron chi connectivity index (χ2n) is 4.59. The van der Waals surface area contributed by atoms with Gasteiger partial charge in [0.05, 0.1) is 11.3 Å². The molecule has 5 heteroatoms. The summed E-state index contributed by atoms with van der Waals surface area (Å²) < 4.78 is 14.6. The number of nitrogens with zero attached hydrogens (tertiary/aromatic N) is 4. The van der Waals surface area contributed by atoms with Gasteiger partial charge < -0.3 is 0 Å². The molecule has 102 valence electrons. The monoisotopic (exact) mass is 278 g/mol. The molecule has 1 aromatic carbocycles. The molecule has 0 N–H and O–H groups in total. The maximum absolute atomic E-state index is 13.0. The minimum absolute atomic E-state index is 0.294. The van der Waals surface area contributed by atoms with Gasteiger partial charge in [-0.25, -0.2) is 9.37 Å². The molecule has 0 fully saturated rings. The summed E-state index contributed by atoms with van der Waals surface area (Å²) >= 11 is 0. The van der Waals surface area contributed by atoms with E-state index in [9.17, 15) is 9.65 Å². The number of hydrogen-bond donors (Lipinski definition) is 0. The molecule has 4 nitrogen and oxygen atoms in total. The van der Waals surface area contributed by atoms with Gasteiger partial charge in [-0.2, -0.15) is 10.4 Å². The van der Waals surface area contributed by atoms with Crippen molar-refractivity contribution >= 4 is 0 Å². The van der Waals surface area contributed by atoms with Crippen molar-refractivity contribution in [3.63, 3.8) is 0 Å². The number of rotatable bonds is 2. The Labute approximate surface area is 121 Å². The maximum Gasteiger partial charge on any atom is 0.123 e. The van der Waals surface area contributed by atoms with Gasteiger partial charge in [0.25, 0.3) is 0 Å². The lowest BCUT2D eigenvalue weighted by molar-refractivity contribution is 0.628. The molecule has 0 saturated carbocycles. The van der Waals surface area contributed by atoms with Gasteiger partial charge in [-0.1, -0.05) is 0 Å². The molecule has 0 radical (unpaired) electrons. The zero-order valence-corrected chi connectivity index (χ0v) is 11.3. The Morgan fingerprint density at radius 1 is 1.05 bits per heavy atom. The number of aryl methyl sites for hydroxylation is 1. The first-order valence-electron chi connectivity index (χ1n) is 6.34. The van der Waals surface area contributed by atoms with Crippen LogP contribution in [0.4, 0.5) is 4.39 Å². The number of hydrogen-bond acceptors (Lipinski definition) is 3. The Kier molecular flexibility index (Phi) is 3.20. The Bertz CT molecular complexity index is 828. The molecular weight excluding hydrogens is 267 g/mol. The molecule has 3 aromatic rings. The Morgan fingerprint density at radius 2 is 1.81 bits per heavy atom. The van der Waals surface area contributed by atoms with E-state index in [-0.39, 0.29) is 5.82 Å². The number of pyridine rings is 1. The zero-order chi connectivity index (χ0) is 14.8. The molecule has 0 unspecified atom stereocenters. The first-order valence-corrected chi connectivity index (χ1v) is 6.34. The second-order valence-corrected chi connectivity index (χ2v) is 4.59. The molecule has 0 bridgehead atoms. The van der Waals surface area contributed by atoms with E-state index in [2.05, 4.69) is 16.2 Å². The third-order valence-corrected chi connectivity index (χ3v) is 3.11. The lowest BCUT2D eigenvalue weighted by Crippen LogP contribution is -1.95. The molecular formula is C16H11FN4. The molecule has 2 aromatic heterocycles. The van der Waals surface area contributed by atoms with Crippen molar-refractivity contribution in [3.8, 4) is 28.7 Å². The quantitative estimate of drug-likeness (QED) is 0.723. The second kappa shape index (κ2) is 5.17. The lowest BCUT2D eigenvalue weighted by atomic mass is 10.1. The van der Waals surface area contributed by atoms with Crippen molar-refractivity contribution in [2.24, 2.45) is 7.05 Å². The van der Waals surface area contributed by atoms with Crippen molar-refractivity contribution in [2.75, 3.05) is 0 Å². The summed E-state index contributed by atoms with van der Waals surface area (Å²) in [5.74, 6) is -0.294. The maximum atomic E-state index is 13.0. The van der Waals surface area contributed by atoms with Crippen LogP contribution < -0.4 is 0 Å². The van der Waals surface area contributed by atoms with Crippen molar-refractivity contribution in [2.45, 2.75) is 0 Å². The van der Waals surface area contributed by atoms with Crippen LogP contribution in [0.25, 0.3) is 22.6 Å². The average Bonchev–Trinajstić information content (AvgIpc) is 2.94. The van der Waals surface area contributed by atoms with Crippen LogP contribution in [0, 0.1) is 17.1 Å². The lowest BCUT2D eigenvalue weighted by Gasteiger charge is -2.05. The standard InChI is InChI=1S/C16H11FN4/c1-21-9-8-15(20-21)16-12(10-18)4-7-14(19-16)11-2-5-13(17)6-3-11/h2-9H,1H3. The fourth-order valence-electron chi connectivity index (χ4n) is 2.07. The highest BCUT2D eigenvalue weighted by Crippen LogP contribution is 2.24. The van der Waals surface area contributed by atoms with Gasteiger partial charge in [-0.05, 0) is 42.5 Å². The molecule has 2 heterocycles. The molecule has 0 aliphatic rings. The van der Waals surface area contributed by atoms with Crippen molar-refractivity contribution in [1.29, 1.82) is 5.26 Å². The predicted molar refractivity (Wildman–Crippen MR) is 76.5 cm³/mol. The van der Waals surface area contributed by atoms with Crippen molar-refractivity contribution in [3.05, 3.63) is 60.0 Å². The molecule has 0 saturated heterocycles. The largest absolute Gasteiger partial charge is 0.275 e. The molecule has 0 atom stereocenters. The Hall–Kier alpha value is -3.00. The number of nitriles is 1. The SMILES string of the molecule is Cn1ccc(-c2nc(-c3ccc(F)cc3)ccc2C#N)n1. The van der Waals surface area contributed by atoms with E-state index in [1.165, 1.54) is 12.1 Å². The summed E-state index contributed by atoms with van der Waals surface area (Å²) in [6.07, 6.45) is 1.79. The van der Waals surface area contributed by atoms with Gasteiger partial charge in [0, 0.05) is 18.8 Å². The minimum atomic E-state index is -0.294. The Balaban J connectivity index is 2.13. The fourth-order valence-corrected chi connectivity index (χ4v) is 2.07. The first-order chi connectivity index (χ1) is 10.2. The summed E-state index contributed by atoms with van der Waals surface area (Å²) in [5, 5.41) is 13.5. The number of aromatic nitrogens is 3. The normalized spacial score (nSPS) is 10.3. The summed E-state index contributed by atoms with van der Waals surface area (Å²) in [6.45, 7) is 0. The molecule has 21 heavy (non-hydrogen) atoms. The molecule has 0 amide bonds. The number of benzene rings is 1. The van der Waals surface area contributed by atoms with E-state index >= 15 is 0 Å². The number of halogens is 1. The summed E-state index contributed by atoms with van der Waals surface area (Å²) in [6, 6.07) is 13.5. The van der Waals surface area contributed by atoms with E-state index in [1.807, 2.05) is 0 Å². The van der Waals surface area contributed by atoms with Crippen LogP contribution in [-0.2, 0) is 7.05 Å². The van der Waals surface area contributed by atoms with Crippen LogP contribution in [0.2, 0.25) is 0 Å². The molecule has 0 aliphatic carbocycles. The van der Waals surface area contributed by atoms with Gasteiger partial charge in [0.2, 0.25) is 0 Å². The molecule has 0 spiro atoms. The molecule has 3 rings (SSSR count). The molecule has 0 aliphatic heterocycles. The minimum Gasteiger partial charge on any atom is -0.275 e. The highest BCUT2D eigenvalue weighted by molar-refractivity contribution is 5.68. The van der Waals surface area contributed by atoms with Crippen LogP contribution in [0.3, 0.4) is 0 Å². The van der Waals surface area contributed by atoms with Gasteiger partial charge in [-0.3, -0.25) is 4.68 Å². The summed E-state index contributed by atoms with van der Waals surface area (Å²) in [7, 11) is 1.80. The highest BCUT2D eigenvalue weighted by atomic mass is 19.1. The average molecular weight is 278 g/mol. The van der Waals surface area contributed by atoms with Crippen molar-refractivity contribution < 1.29 is 4.39 Å². The van der Waals surface area contributed by atoms with E-state index in [0.717, 1.165) is 5.56 Å². The van der Waals surface area contributed by atoms with E-state index < -0.39 is 0 Å². The van der Waals surface area contributed by atoms with E-state index in [1.54, 1.807) is 48.3 Å². The van der Waals surface area contributed by atoms with Gasteiger partial charge in [0.15, 0.2) is 0 Å². The van der Waals surface area contributed by atoms with Gasteiger partial charge in [-0.15, -0.1) is 0 Å². The van der Waals surface area contributed by atoms with Crippen molar-refractivity contribution in [1.82, 2.24) is 14.8 Å². The van der Waals surface area contributed by atoms with Crippen LogP contribution in [-0.4, -0.2) is 14.8 Å². The van der Waals surface area contributed by atoms with Crippen LogP contribution >= 0.6 is 0 Å². The topological polar surface area (TPSA) is 54.5 Å². The predicted octanol–water partition coefficient (Wildman–Crippen LogP) is 3.16. The summed E-state index contributed by atoms with van der Waals surface area (Å²) in [5.41, 5.74) is 3.09. The van der Waals surface area contributed by atoms with E-state index in [0.29, 0.717) is 22.6 Å². The Morgan fingerprint density at radius 3 is 2.43 bits per heavy atom.